The minimum Gasteiger partial charge on any atom is -0.338 e. The Kier molecular flexibility index (Phi) is 6.67. The summed E-state index contributed by atoms with van der Waals surface area (Å²) in [6, 6.07) is 6.27. The molecule has 4 nitrogen and oxygen atoms in total. The van der Waals surface area contributed by atoms with E-state index < -0.39 is 0 Å². The molecule has 1 aromatic heterocycles. The summed E-state index contributed by atoms with van der Waals surface area (Å²) in [7, 11) is 0. The van der Waals surface area contributed by atoms with E-state index in [1.807, 2.05) is 11.8 Å². The van der Waals surface area contributed by atoms with Gasteiger partial charge in [-0.15, -0.1) is 11.3 Å². The summed E-state index contributed by atoms with van der Waals surface area (Å²) in [4.78, 5) is 19.2. The summed E-state index contributed by atoms with van der Waals surface area (Å²) < 4.78 is 13.3. The van der Waals surface area contributed by atoms with Gasteiger partial charge in [-0.25, -0.2) is 9.37 Å². The number of rotatable bonds is 8. The Labute approximate surface area is 140 Å². The topological polar surface area (TPSA) is 45.2 Å². The molecule has 0 fully saturated rings. The van der Waals surface area contributed by atoms with Gasteiger partial charge in [-0.3, -0.25) is 4.79 Å². The first-order chi connectivity index (χ1) is 11.2. The second-order valence-electron chi connectivity index (χ2n) is 5.13. The largest absolute Gasteiger partial charge is 0.338 e. The second-order valence-corrected chi connectivity index (χ2v) is 6.16. The number of amides is 1. The first kappa shape index (κ1) is 17.6. The zero-order chi connectivity index (χ0) is 16.7. The van der Waals surface area contributed by atoms with Crippen molar-refractivity contribution in [3.8, 4) is 10.6 Å². The van der Waals surface area contributed by atoms with Crippen molar-refractivity contribution in [1.29, 1.82) is 0 Å². The Morgan fingerprint density at radius 1 is 1.39 bits per heavy atom. The highest BCUT2D eigenvalue weighted by molar-refractivity contribution is 7.16. The van der Waals surface area contributed by atoms with Gasteiger partial charge < -0.3 is 10.2 Å². The maximum absolute atomic E-state index is 13.3. The lowest BCUT2D eigenvalue weighted by Gasteiger charge is -2.19. The van der Waals surface area contributed by atoms with Crippen molar-refractivity contribution in [2.75, 3.05) is 26.2 Å². The lowest BCUT2D eigenvalue weighted by Crippen LogP contribution is -2.32. The molecular formula is C17H22FN3OS. The van der Waals surface area contributed by atoms with Gasteiger partial charge in [-0.2, -0.15) is 0 Å². The van der Waals surface area contributed by atoms with Gasteiger partial charge in [0.2, 0.25) is 0 Å². The van der Waals surface area contributed by atoms with Gasteiger partial charge in [0.05, 0.1) is 6.20 Å². The van der Waals surface area contributed by atoms with Crippen LogP contribution in [0, 0.1) is 5.82 Å². The van der Waals surface area contributed by atoms with E-state index in [-0.39, 0.29) is 11.7 Å². The number of nitrogens with zero attached hydrogens (tertiary/aromatic N) is 2. The molecular weight excluding hydrogens is 313 g/mol. The van der Waals surface area contributed by atoms with Gasteiger partial charge in [-0.1, -0.05) is 19.1 Å². The standard InChI is InChI=1S/C17H22FN3OS/c1-3-19-9-6-10-21(4-2)17(22)15-12-20-16(23-15)13-7-5-8-14(18)11-13/h5,7-8,11-12,19H,3-4,6,9-10H2,1-2H3. The van der Waals surface area contributed by atoms with Crippen molar-refractivity contribution in [2.45, 2.75) is 20.3 Å². The van der Waals surface area contributed by atoms with E-state index in [9.17, 15) is 9.18 Å². The molecule has 0 radical (unpaired) electrons. The molecule has 0 aliphatic carbocycles. The number of halogens is 1. The number of carbonyl (C=O) groups is 1. The van der Waals surface area contributed by atoms with Crippen LogP contribution in [0.5, 0.6) is 0 Å². The highest BCUT2D eigenvalue weighted by Crippen LogP contribution is 2.26. The molecule has 23 heavy (non-hydrogen) atoms. The van der Waals surface area contributed by atoms with Crippen molar-refractivity contribution in [1.82, 2.24) is 15.2 Å². The van der Waals surface area contributed by atoms with E-state index >= 15 is 0 Å². The maximum Gasteiger partial charge on any atom is 0.265 e. The van der Waals surface area contributed by atoms with Crippen LogP contribution in [-0.4, -0.2) is 42.0 Å². The fraction of sp³-hybridized carbons (Fsp3) is 0.412. The second kappa shape index (κ2) is 8.74. The van der Waals surface area contributed by atoms with Gasteiger partial charge >= 0.3 is 0 Å². The number of thiazole rings is 1. The van der Waals surface area contributed by atoms with Crippen LogP contribution < -0.4 is 5.32 Å². The van der Waals surface area contributed by atoms with Crippen LogP contribution in [0.3, 0.4) is 0 Å². The number of carbonyl (C=O) groups excluding carboxylic acids is 1. The third-order valence-electron chi connectivity index (χ3n) is 3.49. The predicted octanol–water partition coefficient (Wildman–Crippen LogP) is 3.41. The average Bonchev–Trinajstić information content (AvgIpc) is 3.04. The maximum atomic E-state index is 13.3. The molecule has 124 valence electrons. The molecule has 0 unspecified atom stereocenters. The lowest BCUT2D eigenvalue weighted by atomic mass is 10.2. The average molecular weight is 335 g/mol. The summed E-state index contributed by atoms with van der Waals surface area (Å²) in [5, 5.41) is 3.92. The van der Waals surface area contributed by atoms with Gasteiger partial charge in [0.15, 0.2) is 0 Å². The fourth-order valence-corrected chi connectivity index (χ4v) is 3.14. The summed E-state index contributed by atoms with van der Waals surface area (Å²) in [6.07, 6.45) is 2.50. The molecule has 0 saturated heterocycles. The highest BCUT2D eigenvalue weighted by atomic mass is 32.1. The molecule has 0 atom stereocenters. The first-order valence-corrected chi connectivity index (χ1v) is 8.69. The smallest absolute Gasteiger partial charge is 0.265 e. The van der Waals surface area contributed by atoms with E-state index in [0.717, 1.165) is 26.1 Å². The quantitative estimate of drug-likeness (QED) is 0.752. The van der Waals surface area contributed by atoms with Crippen LogP contribution in [0.15, 0.2) is 30.5 Å². The molecule has 6 heteroatoms. The van der Waals surface area contributed by atoms with Gasteiger partial charge in [0.1, 0.15) is 15.7 Å². The zero-order valence-electron chi connectivity index (χ0n) is 13.5. The van der Waals surface area contributed by atoms with Crippen molar-refractivity contribution in [3.63, 3.8) is 0 Å². The Hall–Kier alpha value is -1.79. The number of nitrogens with one attached hydrogen (secondary N) is 1. The molecule has 1 aromatic carbocycles. The van der Waals surface area contributed by atoms with E-state index in [4.69, 9.17) is 0 Å². The summed E-state index contributed by atoms with van der Waals surface area (Å²) in [5.74, 6) is -0.312. The molecule has 1 N–H and O–H groups in total. The van der Waals surface area contributed by atoms with Crippen molar-refractivity contribution < 1.29 is 9.18 Å². The SMILES string of the molecule is CCNCCCN(CC)C(=O)c1cnc(-c2cccc(F)c2)s1. The van der Waals surface area contributed by atoms with Crippen LogP contribution >= 0.6 is 11.3 Å². The molecule has 1 amide bonds. The van der Waals surface area contributed by atoms with Gasteiger partial charge in [0, 0.05) is 18.7 Å². The van der Waals surface area contributed by atoms with E-state index in [0.29, 0.717) is 22.0 Å². The molecule has 0 bridgehead atoms. The number of hydrogen-bond acceptors (Lipinski definition) is 4. The molecule has 0 spiro atoms. The molecule has 2 aromatic rings. The van der Waals surface area contributed by atoms with Gasteiger partial charge in [0.25, 0.3) is 5.91 Å². The summed E-state index contributed by atoms with van der Waals surface area (Å²) in [5.41, 5.74) is 0.698. The van der Waals surface area contributed by atoms with E-state index in [1.54, 1.807) is 18.3 Å². The van der Waals surface area contributed by atoms with Crippen molar-refractivity contribution in [3.05, 3.63) is 41.2 Å². The summed E-state index contributed by atoms with van der Waals surface area (Å²) in [6.45, 7) is 7.25. The highest BCUT2D eigenvalue weighted by Gasteiger charge is 2.17. The van der Waals surface area contributed by atoms with Crippen LogP contribution in [0.4, 0.5) is 4.39 Å². The lowest BCUT2D eigenvalue weighted by molar-refractivity contribution is 0.0767. The Bertz CT molecular complexity index is 644. The first-order valence-electron chi connectivity index (χ1n) is 7.87. The Morgan fingerprint density at radius 2 is 2.22 bits per heavy atom. The Balaban J connectivity index is 2.04. The Morgan fingerprint density at radius 3 is 2.91 bits per heavy atom. The fourth-order valence-electron chi connectivity index (χ4n) is 2.26. The third-order valence-corrected chi connectivity index (χ3v) is 4.52. The van der Waals surface area contributed by atoms with E-state index in [1.165, 1.54) is 23.5 Å². The number of hydrogen-bond donors (Lipinski definition) is 1. The third kappa shape index (κ3) is 4.84. The number of benzene rings is 1. The molecule has 0 aliphatic heterocycles. The zero-order valence-corrected chi connectivity index (χ0v) is 14.3. The molecule has 2 rings (SSSR count). The predicted molar refractivity (Wildman–Crippen MR) is 92.2 cm³/mol. The molecule has 0 aliphatic rings. The minimum absolute atomic E-state index is 0.0100. The number of aromatic nitrogens is 1. The monoisotopic (exact) mass is 335 g/mol. The molecule has 1 heterocycles. The van der Waals surface area contributed by atoms with Crippen LogP contribution in [-0.2, 0) is 0 Å². The van der Waals surface area contributed by atoms with Gasteiger partial charge in [-0.05, 0) is 38.6 Å². The molecule has 0 saturated carbocycles. The van der Waals surface area contributed by atoms with Crippen molar-refractivity contribution in [2.24, 2.45) is 0 Å². The van der Waals surface area contributed by atoms with Crippen molar-refractivity contribution >= 4 is 17.2 Å². The van der Waals surface area contributed by atoms with Crippen LogP contribution in [0.25, 0.3) is 10.6 Å². The van der Waals surface area contributed by atoms with Crippen LogP contribution in [0.1, 0.15) is 29.9 Å². The summed E-state index contributed by atoms with van der Waals surface area (Å²) >= 11 is 1.31. The minimum atomic E-state index is -0.302. The normalized spacial score (nSPS) is 10.7. The van der Waals surface area contributed by atoms with E-state index in [2.05, 4.69) is 17.2 Å². The van der Waals surface area contributed by atoms with Crippen LogP contribution in [0.2, 0.25) is 0 Å².